The molecule has 0 aliphatic carbocycles. The second-order valence-corrected chi connectivity index (χ2v) is 7.54. The number of aliphatic hydroxyl groups is 1. The Morgan fingerprint density at radius 1 is 1.10 bits per heavy atom. The average molecular weight is 413 g/mol. The first-order valence-electron chi connectivity index (χ1n) is 10.2. The molecule has 7 nitrogen and oxygen atoms in total. The van der Waals surface area contributed by atoms with E-state index in [1.54, 1.807) is 0 Å². The minimum atomic E-state index is -0.996. The van der Waals surface area contributed by atoms with E-state index >= 15 is 0 Å². The zero-order chi connectivity index (χ0) is 20.9. The van der Waals surface area contributed by atoms with Gasteiger partial charge in [0.25, 0.3) is 0 Å². The van der Waals surface area contributed by atoms with Gasteiger partial charge in [-0.1, -0.05) is 60.7 Å². The first kappa shape index (κ1) is 21.0. The van der Waals surface area contributed by atoms with Crippen molar-refractivity contribution in [1.82, 2.24) is 5.32 Å². The Hall–Kier alpha value is -2.29. The summed E-state index contributed by atoms with van der Waals surface area (Å²) in [5.41, 5.74) is 2.00. The maximum atomic E-state index is 11.7. The molecule has 6 unspecified atom stereocenters. The molecule has 2 aliphatic heterocycles. The molecule has 2 aromatic carbocycles. The van der Waals surface area contributed by atoms with Crippen molar-refractivity contribution in [3.8, 4) is 0 Å². The van der Waals surface area contributed by atoms with Crippen molar-refractivity contribution < 1.29 is 28.8 Å². The van der Waals surface area contributed by atoms with E-state index in [1.165, 1.54) is 6.92 Å². The van der Waals surface area contributed by atoms with E-state index in [0.717, 1.165) is 11.1 Å². The molecule has 160 valence electrons. The third-order valence-electron chi connectivity index (χ3n) is 5.32. The summed E-state index contributed by atoms with van der Waals surface area (Å²) in [6.45, 7) is 2.05. The number of aliphatic hydroxyl groups excluding tert-OH is 1. The molecule has 2 fully saturated rings. The van der Waals surface area contributed by atoms with Crippen molar-refractivity contribution in [2.75, 3.05) is 13.2 Å². The van der Waals surface area contributed by atoms with E-state index in [1.807, 2.05) is 60.7 Å². The monoisotopic (exact) mass is 413 g/mol. The Labute approximate surface area is 175 Å². The summed E-state index contributed by atoms with van der Waals surface area (Å²) in [5, 5.41) is 13.8. The fourth-order valence-electron chi connectivity index (χ4n) is 3.84. The van der Waals surface area contributed by atoms with E-state index in [4.69, 9.17) is 18.9 Å². The molecule has 2 aromatic rings. The van der Waals surface area contributed by atoms with Gasteiger partial charge in [-0.05, 0) is 12.0 Å². The highest BCUT2D eigenvalue weighted by Gasteiger charge is 2.50. The van der Waals surface area contributed by atoms with Gasteiger partial charge in [-0.2, -0.15) is 0 Å². The predicted molar refractivity (Wildman–Crippen MR) is 108 cm³/mol. The van der Waals surface area contributed by atoms with Crippen LogP contribution in [0.4, 0.5) is 0 Å². The molecule has 2 aliphatic rings. The third-order valence-corrected chi connectivity index (χ3v) is 5.32. The van der Waals surface area contributed by atoms with Gasteiger partial charge in [0, 0.05) is 12.5 Å². The molecule has 1 amide bonds. The van der Waals surface area contributed by atoms with Crippen molar-refractivity contribution in [3.05, 3.63) is 71.8 Å². The van der Waals surface area contributed by atoms with E-state index in [-0.39, 0.29) is 12.5 Å². The van der Waals surface area contributed by atoms with Crippen LogP contribution in [-0.2, 0) is 30.2 Å². The fourth-order valence-corrected chi connectivity index (χ4v) is 3.84. The maximum Gasteiger partial charge on any atom is 0.217 e. The second-order valence-electron chi connectivity index (χ2n) is 7.54. The van der Waals surface area contributed by atoms with Gasteiger partial charge in [-0.15, -0.1) is 0 Å². The Morgan fingerprint density at radius 3 is 2.50 bits per heavy atom. The largest absolute Gasteiger partial charge is 0.388 e. The quantitative estimate of drug-likeness (QED) is 0.753. The molecule has 2 heterocycles. The minimum absolute atomic E-state index is 0.257. The number of rotatable bonds is 6. The minimum Gasteiger partial charge on any atom is -0.388 e. The highest BCUT2D eigenvalue weighted by Crippen LogP contribution is 2.34. The Bertz CT molecular complexity index is 815. The van der Waals surface area contributed by atoms with Gasteiger partial charge >= 0.3 is 0 Å². The first-order chi connectivity index (χ1) is 14.6. The number of carbonyl (C=O) groups is 1. The van der Waals surface area contributed by atoms with Crippen molar-refractivity contribution >= 4 is 5.91 Å². The van der Waals surface area contributed by atoms with Crippen molar-refractivity contribution in [1.29, 1.82) is 0 Å². The second kappa shape index (κ2) is 9.68. The summed E-state index contributed by atoms with van der Waals surface area (Å²) in [6, 6.07) is 18.7. The zero-order valence-corrected chi connectivity index (χ0v) is 16.8. The normalized spacial score (nSPS) is 31.0. The van der Waals surface area contributed by atoms with E-state index < -0.39 is 36.9 Å². The lowest BCUT2D eigenvalue weighted by molar-refractivity contribution is -0.344. The zero-order valence-electron chi connectivity index (χ0n) is 16.8. The molecule has 0 saturated carbocycles. The number of hydrogen-bond acceptors (Lipinski definition) is 6. The van der Waals surface area contributed by atoms with Crippen molar-refractivity contribution in [2.24, 2.45) is 0 Å². The Morgan fingerprint density at radius 2 is 1.80 bits per heavy atom. The lowest BCUT2D eigenvalue weighted by Gasteiger charge is -2.47. The summed E-state index contributed by atoms with van der Waals surface area (Å²) in [7, 11) is 0. The van der Waals surface area contributed by atoms with Gasteiger partial charge in [0.2, 0.25) is 5.91 Å². The number of nitrogens with one attached hydrogen (secondary N) is 1. The molecule has 0 bridgehead atoms. The topological polar surface area (TPSA) is 86.3 Å². The summed E-state index contributed by atoms with van der Waals surface area (Å²) in [6.07, 6.45) is -2.83. The lowest BCUT2D eigenvalue weighted by Crippen LogP contribution is -2.66. The van der Waals surface area contributed by atoms with Crippen LogP contribution in [0.1, 0.15) is 24.3 Å². The highest BCUT2D eigenvalue weighted by molar-refractivity contribution is 5.73. The van der Waals surface area contributed by atoms with Crippen molar-refractivity contribution in [3.63, 3.8) is 0 Å². The van der Waals surface area contributed by atoms with Crippen LogP contribution in [0.25, 0.3) is 0 Å². The Kier molecular flexibility index (Phi) is 6.76. The molecule has 4 rings (SSSR count). The number of benzene rings is 2. The van der Waals surface area contributed by atoms with Gasteiger partial charge in [0.15, 0.2) is 12.6 Å². The molecular weight excluding hydrogens is 386 g/mol. The summed E-state index contributed by atoms with van der Waals surface area (Å²) < 4.78 is 23.8. The summed E-state index contributed by atoms with van der Waals surface area (Å²) in [5.74, 6) is -0.274. The number of fused-ring (bicyclic) bond motifs is 1. The van der Waals surface area contributed by atoms with Gasteiger partial charge in [0.05, 0.1) is 13.2 Å². The standard InChI is InChI=1S/C23H27NO6/c1-15(25)24-19-20(26)21-18(14-28-22(30-21)17-10-6-3-7-11-17)29-23(19)27-13-12-16-8-4-2-5-9-16/h2-11,18-23,26H,12-14H2,1H3,(H,24,25). The van der Waals surface area contributed by atoms with Crippen LogP contribution >= 0.6 is 0 Å². The average Bonchev–Trinajstić information content (AvgIpc) is 2.77. The van der Waals surface area contributed by atoms with Gasteiger partial charge in [-0.25, -0.2) is 0 Å². The fraction of sp³-hybridized carbons (Fsp3) is 0.435. The molecule has 7 heteroatoms. The van der Waals surface area contributed by atoms with Crippen LogP contribution in [0.3, 0.4) is 0 Å². The Balaban J connectivity index is 1.43. The van der Waals surface area contributed by atoms with Gasteiger partial charge in [0.1, 0.15) is 24.4 Å². The number of carbonyl (C=O) groups excluding carboxylic acids is 1. The molecule has 2 saturated heterocycles. The molecule has 0 aromatic heterocycles. The summed E-state index contributed by atoms with van der Waals surface area (Å²) in [4.78, 5) is 11.7. The van der Waals surface area contributed by atoms with Crippen LogP contribution in [0, 0.1) is 0 Å². The number of amides is 1. The molecule has 6 atom stereocenters. The highest BCUT2D eigenvalue weighted by atomic mass is 16.7. The van der Waals surface area contributed by atoms with Crippen LogP contribution in [0.15, 0.2) is 60.7 Å². The van der Waals surface area contributed by atoms with E-state index in [2.05, 4.69) is 5.32 Å². The lowest BCUT2D eigenvalue weighted by atomic mass is 9.95. The maximum absolute atomic E-state index is 11.7. The smallest absolute Gasteiger partial charge is 0.217 e. The number of ether oxygens (including phenoxy) is 4. The van der Waals surface area contributed by atoms with Crippen LogP contribution in [-0.4, -0.2) is 54.9 Å². The van der Waals surface area contributed by atoms with Crippen molar-refractivity contribution in [2.45, 2.75) is 50.3 Å². The molecule has 30 heavy (non-hydrogen) atoms. The van der Waals surface area contributed by atoms with Crippen LogP contribution < -0.4 is 5.32 Å². The third kappa shape index (κ3) is 4.88. The van der Waals surface area contributed by atoms with Crippen LogP contribution in [0.5, 0.6) is 0 Å². The molecular formula is C23H27NO6. The molecule has 0 spiro atoms. The van der Waals surface area contributed by atoms with Crippen LogP contribution in [0.2, 0.25) is 0 Å². The van der Waals surface area contributed by atoms with E-state index in [9.17, 15) is 9.90 Å². The molecule has 2 N–H and O–H groups in total. The SMILES string of the molecule is CC(=O)NC1C(OCCc2ccccc2)OC2COC(c3ccccc3)OC2C1O. The number of hydrogen-bond donors (Lipinski definition) is 2. The predicted octanol–water partition coefficient (Wildman–Crippen LogP) is 1.95. The molecule has 0 radical (unpaired) electrons. The van der Waals surface area contributed by atoms with E-state index in [0.29, 0.717) is 13.0 Å². The van der Waals surface area contributed by atoms with Gasteiger partial charge < -0.3 is 29.4 Å². The first-order valence-corrected chi connectivity index (χ1v) is 10.2. The summed E-state index contributed by atoms with van der Waals surface area (Å²) >= 11 is 0. The van der Waals surface area contributed by atoms with Gasteiger partial charge in [-0.3, -0.25) is 4.79 Å².